The van der Waals surface area contributed by atoms with Gasteiger partial charge in [-0.05, 0) is 24.6 Å². The number of nitrogens with one attached hydrogen (secondary N) is 1. The van der Waals surface area contributed by atoms with E-state index in [-0.39, 0.29) is 5.84 Å². The van der Waals surface area contributed by atoms with E-state index >= 15 is 0 Å². The summed E-state index contributed by atoms with van der Waals surface area (Å²) in [4.78, 5) is 5.47. The third-order valence-corrected chi connectivity index (χ3v) is 4.14. The highest BCUT2D eigenvalue weighted by atomic mass is 32.1. The van der Waals surface area contributed by atoms with Gasteiger partial charge >= 0.3 is 0 Å². The van der Waals surface area contributed by atoms with Gasteiger partial charge in [-0.1, -0.05) is 6.07 Å². The number of thiazole rings is 1. The van der Waals surface area contributed by atoms with E-state index in [1.165, 1.54) is 4.88 Å². The molecule has 3 N–H and O–H groups in total. The van der Waals surface area contributed by atoms with Gasteiger partial charge in [-0.25, -0.2) is 4.98 Å². The number of hydrogen-bond acceptors (Lipinski definition) is 5. The lowest BCUT2D eigenvalue weighted by molar-refractivity contribution is 0.124. The molecule has 0 fully saturated rings. The summed E-state index contributed by atoms with van der Waals surface area (Å²) in [6, 6.07) is 5.56. The van der Waals surface area contributed by atoms with Gasteiger partial charge in [-0.3, -0.25) is 5.41 Å². The predicted molar refractivity (Wildman–Crippen MR) is 84.2 cm³/mol. The Bertz CT molecular complexity index is 625. The van der Waals surface area contributed by atoms with Crippen molar-refractivity contribution in [3.05, 3.63) is 45.4 Å². The van der Waals surface area contributed by atoms with Crippen LogP contribution in [0.15, 0.2) is 23.7 Å². The summed E-state index contributed by atoms with van der Waals surface area (Å²) in [5.74, 6) is 0.598. The molecule has 1 heterocycles. The van der Waals surface area contributed by atoms with Crippen LogP contribution < -0.4 is 10.5 Å². The van der Waals surface area contributed by atoms with Crippen LogP contribution in [0.25, 0.3) is 0 Å². The SMILES string of the molecule is COc1ccc(COCCc2scnc2C)cc1C(=N)N. The minimum absolute atomic E-state index is 0.00557. The zero-order valence-electron chi connectivity index (χ0n) is 12.2. The van der Waals surface area contributed by atoms with Crippen molar-refractivity contribution in [2.75, 3.05) is 13.7 Å². The Hall–Kier alpha value is -1.92. The first-order chi connectivity index (χ1) is 10.1. The van der Waals surface area contributed by atoms with Crippen LogP contribution in [-0.4, -0.2) is 24.5 Å². The molecule has 0 unspecified atom stereocenters. The minimum atomic E-state index is -0.00557. The molecule has 2 rings (SSSR count). The molecule has 0 aliphatic heterocycles. The molecule has 0 saturated carbocycles. The topological polar surface area (TPSA) is 81.2 Å². The van der Waals surface area contributed by atoms with E-state index in [0.29, 0.717) is 24.5 Å². The number of aryl methyl sites for hydroxylation is 1. The van der Waals surface area contributed by atoms with Crippen LogP contribution in [0.3, 0.4) is 0 Å². The number of ether oxygens (including phenoxy) is 2. The molecular weight excluding hydrogens is 286 g/mol. The van der Waals surface area contributed by atoms with Crippen molar-refractivity contribution < 1.29 is 9.47 Å². The highest BCUT2D eigenvalue weighted by molar-refractivity contribution is 7.09. The summed E-state index contributed by atoms with van der Waals surface area (Å²) in [5.41, 5.74) is 10.1. The molecule has 0 aliphatic carbocycles. The van der Waals surface area contributed by atoms with Crippen molar-refractivity contribution in [1.29, 1.82) is 5.41 Å². The largest absolute Gasteiger partial charge is 0.496 e. The molecule has 0 spiro atoms. The number of benzene rings is 1. The summed E-state index contributed by atoms with van der Waals surface area (Å²) in [6.07, 6.45) is 0.867. The number of nitrogens with two attached hydrogens (primary N) is 1. The molecular formula is C15H19N3O2S. The van der Waals surface area contributed by atoms with Crippen molar-refractivity contribution in [3.8, 4) is 5.75 Å². The summed E-state index contributed by atoms with van der Waals surface area (Å²) in [6.45, 7) is 3.14. The molecule has 2 aromatic rings. The number of amidine groups is 1. The first-order valence-corrected chi connectivity index (χ1v) is 7.47. The number of rotatable bonds is 7. The number of nitrogen functional groups attached to an aromatic ring is 1. The van der Waals surface area contributed by atoms with Crippen molar-refractivity contribution in [3.63, 3.8) is 0 Å². The summed E-state index contributed by atoms with van der Waals surface area (Å²) in [5, 5.41) is 7.56. The average molecular weight is 305 g/mol. The Balaban J connectivity index is 1.90. The van der Waals surface area contributed by atoms with Crippen LogP contribution in [0, 0.1) is 12.3 Å². The zero-order chi connectivity index (χ0) is 15.2. The molecule has 6 heteroatoms. The fraction of sp³-hybridized carbons (Fsp3) is 0.333. The van der Waals surface area contributed by atoms with Crippen LogP contribution in [0.4, 0.5) is 0 Å². The Morgan fingerprint density at radius 3 is 2.86 bits per heavy atom. The Labute approximate surface area is 128 Å². The van der Waals surface area contributed by atoms with Crippen molar-refractivity contribution in [1.82, 2.24) is 4.98 Å². The Morgan fingerprint density at radius 2 is 2.24 bits per heavy atom. The van der Waals surface area contributed by atoms with Crippen LogP contribution in [0.1, 0.15) is 21.7 Å². The predicted octanol–water partition coefficient (Wildman–Crippen LogP) is 2.50. The summed E-state index contributed by atoms with van der Waals surface area (Å²) >= 11 is 1.65. The van der Waals surface area contributed by atoms with E-state index in [1.807, 2.05) is 30.6 Å². The van der Waals surface area contributed by atoms with E-state index in [9.17, 15) is 0 Å². The van der Waals surface area contributed by atoms with Crippen molar-refractivity contribution in [2.24, 2.45) is 5.73 Å². The third kappa shape index (κ3) is 4.03. The smallest absolute Gasteiger partial charge is 0.129 e. The number of aromatic nitrogens is 1. The van der Waals surface area contributed by atoms with E-state index in [2.05, 4.69) is 4.98 Å². The lowest BCUT2D eigenvalue weighted by atomic mass is 10.1. The zero-order valence-corrected chi connectivity index (χ0v) is 13.0. The van der Waals surface area contributed by atoms with Gasteiger partial charge in [0.05, 0.1) is 37.1 Å². The van der Waals surface area contributed by atoms with Crippen LogP contribution in [0.2, 0.25) is 0 Å². The summed E-state index contributed by atoms with van der Waals surface area (Å²) in [7, 11) is 1.56. The van der Waals surface area contributed by atoms with Crippen molar-refractivity contribution in [2.45, 2.75) is 20.0 Å². The second-order valence-corrected chi connectivity index (χ2v) is 5.55. The standard InChI is InChI=1S/C15H19N3O2S/c1-10-14(21-9-18-10)5-6-20-8-11-3-4-13(19-2)12(7-11)15(16)17/h3-4,7,9H,5-6,8H2,1-2H3,(H3,16,17). The number of hydrogen-bond donors (Lipinski definition) is 2. The fourth-order valence-electron chi connectivity index (χ4n) is 1.98. The van der Waals surface area contributed by atoms with E-state index in [1.54, 1.807) is 18.4 Å². The monoisotopic (exact) mass is 305 g/mol. The molecule has 0 saturated heterocycles. The maximum absolute atomic E-state index is 7.56. The van der Waals surface area contributed by atoms with Gasteiger partial charge < -0.3 is 15.2 Å². The second kappa shape index (κ2) is 7.19. The third-order valence-electron chi connectivity index (χ3n) is 3.14. The van der Waals surface area contributed by atoms with Crippen LogP contribution in [-0.2, 0) is 17.8 Å². The Kier molecular flexibility index (Phi) is 5.30. The highest BCUT2D eigenvalue weighted by Gasteiger charge is 2.07. The lowest BCUT2D eigenvalue weighted by Gasteiger charge is -2.10. The highest BCUT2D eigenvalue weighted by Crippen LogP contribution is 2.20. The number of nitrogens with zero attached hydrogens (tertiary/aromatic N) is 1. The van der Waals surface area contributed by atoms with Gasteiger partial charge in [0.15, 0.2) is 0 Å². The molecule has 0 aliphatic rings. The molecule has 1 aromatic carbocycles. The molecule has 0 bridgehead atoms. The average Bonchev–Trinajstić information content (AvgIpc) is 2.88. The van der Waals surface area contributed by atoms with Gasteiger partial charge in [0.2, 0.25) is 0 Å². The van der Waals surface area contributed by atoms with E-state index in [4.69, 9.17) is 20.6 Å². The molecule has 21 heavy (non-hydrogen) atoms. The maximum Gasteiger partial charge on any atom is 0.129 e. The molecule has 0 radical (unpaired) electrons. The van der Waals surface area contributed by atoms with Gasteiger partial charge in [-0.2, -0.15) is 0 Å². The van der Waals surface area contributed by atoms with Gasteiger partial charge in [0.1, 0.15) is 11.6 Å². The second-order valence-electron chi connectivity index (χ2n) is 4.61. The fourth-order valence-corrected chi connectivity index (χ4v) is 2.74. The molecule has 1 aromatic heterocycles. The van der Waals surface area contributed by atoms with Gasteiger partial charge in [0.25, 0.3) is 0 Å². The molecule has 0 amide bonds. The normalized spacial score (nSPS) is 10.6. The lowest BCUT2D eigenvalue weighted by Crippen LogP contribution is -2.13. The quantitative estimate of drug-likeness (QED) is 0.468. The van der Waals surface area contributed by atoms with Crippen molar-refractivity contribution >= 4 is 17.2 Å². The number of methoxy groups -OCH3 is 1. The maximum atomic E-state index is 7.56. The molecule has 0 atom stereocenters. The van der Waals surface area contributed by atoms with Gasteiger partial charge in [0, 0.05) is 11.3 Å². The van der Waals surface area contributed by atoms with E-state index in [0.717, 1.165) is 17.7 Å². The van der Waals surface area contributed by atoms with Gasteiger partial charge in [-0.15, -0.1) is 11.3 Å². The Morgan fingerprint density at radius 1 is 1.43 bits per heavy atom. The van der Waals surface area contributed by atoms with E-state index < -0.39 is 0 Å². The minimum Gasteiger partial charge on any atom is -0.496 e. The van der Waals surface area contributed by atoms with Crippen LogP contribution >= 0.6 is 11.3 Å². The molecule has 112 valence electrons. The van der Waals surface area contributed by atoms with Crippen LogP contribution in [0.5, 0.6) is 5.75 Å². The summed E-state index contributed by atoms with van der Waals surface area (Å²) < 4.78 is 10.9. The molecule has 5 nitrogen and oxygen atoms in total. The first kappa shape index (κ1) is 15.5. The first-order valence-electron chi connectivity index (χ1n) is 6.60.